The third kappa shape index (κ3) is 3.20. The van der Waals surface area contributed by atoms with E-state index in [2.05, 4.69) is 5.32 Å². The van der Waals surface area contributed by atoms with Gasteiger partial charge >= 0.3 is 0 Å². The van der Waals surface area contributed by atoms with E-state index < -0.39 is 0 Å². The van der Waals surface area contributed by atoms with Gasteiger partial charge in [0.15, 0.2) is 5.76 Å². The fourth-order valence-corrected chi connectivity index (χ4v) is 2.67. The molecule has 0 bridgehead atoms. The summed E-state index contributed by atoms with van der Waals surface area (Å²) < 4.78 is 10.5. The highest BCUT2D eigenvalue weighted by molar-refractivity contribution is 5.91. The van der Waals surface area contributed by atoms with Gasteiger partial charge in [-0.2, -0.15) is 0 Å². The zero-order valence-corrected chi connectivity index (χ0v) is 12.1. The molecule has 2 fully saturated rings. The maximum Gasteiger partial charge on any atom is 0.287 e. The summed E-state index contributed by atoms with van der Waals surface area (Å²) in [6.45, 7) is 3.60. The molecule has 1 aromatic rings. The maximum atomic E-state index is 12.0. The highest BCUT2D eigenvalue weighted by Crippen LogP contribution is 2.32. The number of furan rings is 1. The van der Waals surface area contributed by atoms with E-state index in [1.54, 1.807) is 12.1 Å². The minimum absolute atomic E-state index is 0.198. The lowest BCUT2D eigenvalue weighted by Crippen LogP contribution is -2.31. The predicted octanol–water partition coefficient (Wildman–Crippen LogP) is 1.42. The van der Waals surface area contributed by atoms with Crippen molar-refractivity contribution in [1.82, 2.24) is 10.2 Å². The minimum Gasteiger partial charge on any atom is -0.465 e. The average Bonchev–Trinajstić information content (AvgIpc) is 3.08. The summed E-state index contributed by atoms with van der Waals surface area (Å²) in [4.78, 5) is 25.8. The van der Waals surface area contributed by atoms with Crippen LogP contribution in [0.4, 0.5) is 0 Å². The lowest BCUT2D eigenvalue weighted by atomic mass is 10.1. The normalized spacial score (nSPS) is 21.7. The van der Waals surface area contributed by atoms with Crippen LogP contribution in [-0.2, 0) is 4.79 Å². The summed E-state index contributed by atoms with van der Waals surface area (Å²) in [6.07, 6.45) is 2.77. The van der Waals surface area contributed by atoms with Crippen LogP contribution in [-0.4, -0.2) is 42.5 Å². The number of carbonyl (C=O) groups is 2. The molecule has 0 unspecified atom stereocenters. The number of rotatable bonds is 6. The van der Waals surface area contributed by atoms with Crippen LogP contribution in [0.3, 0.4) is 0 Å². The summed E-state index contributed by atoms with van der Waals surface area (Å²) in [5.74, 6) is 0.732. The van der Waals surface area contributed by atoms with Crippen LogP contribution < -0.4 is 10.1 Å². The van der Waals surface area contributed by atoms with Crippen molar-refractivity contribution in [2.45, 2.75) is 32.2 Å². The SMILES string of the molecule is CCOc1ccc(C(=O)NC[C@H]2CC(=O)N(C3CC3)C2)o1. The number of amides is 2. The van der Waals surface area contributed by atoms with Crippen molar-refractivity contribution in [3.05, 3.63) is 17.9 Å². The van der Waals surface area contributed by atoms with Crippen molar-refractivity contribution in [2.24, 2.45) is 5.92 Å². The number of hydrogen-bond donors (Lipinski definition) is 1. The molecule has 21 heavy (non-hydrogen) atoms. The molecular formula is C15H20N2O4. The van der Waals surface area contributed by atoms with Gasteiger partial charge in [0.2, 0.25) is 5.91 Å². The zero-order valence-electron chi connectivity index (χ0n) is 12.1. The van der Waals surface area contributed by atoms with Gasteiger partial charge in [0.25, 0.3) is 11.9 Å². The van der Waals surface area contributed by atoms with Gasteiger partial charge in [0, 0.05) is 37.5 Å². The monoisotopic (exact) mass is 292 g/mol. The number of hydrogen-bond acceptors (Lipinski definition) is 4. The molecular weight excluding hydrogens is 272 g/mol. The van der Waals surface area contributed by atoms with E-state index in [1.165, 1.54) is 0 Å². The summed E-state index contributed by atoms with van der Waals surface area (Å²) in [5, 5.41) is 2.83. The Kier molecular flexibility index (Phi) is 3.86. The molecule has 0 radical (unpaired) electrons. The third-order valence-electron chi connectivity index (χ3n) is 3.87. The molecule has 1 aliphatic carbocycles. The van der Waals surface area contributed by atoms with E-state index in [0.29, 0.717) is 31.6 Å². The Balaban J connectivity index is 1.48. The van der Waals surface area contributed by atoms with Crippen molar-refractivity contribution in [2.75, 3.05) is 19.7 Å². The van der Waals surface area contributed by atoms with Crippen LogP contribution in [0.1, 0.15) is 36.7 Å². The average molecular weight is 292 g/mol. The van der Waals surface area contributed by atoms with Crippen molar-refractivity contribution in [3.63, 3.8) is 0 Å². The molecule has 114 valence electrons. The predicted molar refractivity (Wildman–Crippen MR) is 75.1 cm³/mol. The lowest BCUT2D eigenvalue weighted by Gasteiger charge is -2.15. The van der Waals surface area contributed by atoms with Crippen LogP contribution in [0.15, 0.2) is 16.5 Å². The molecule has 2 heterocycles. The van der Waals surface area contributed by atoms with Crippen LogP contribution in [0.5, 0.6) is 5.95 Å². The molecule has 2 amide bonds. The van der Waals surface area contributed by atoms with Gasteiger partial charge < -0.3 is 19.4 Å². The van der Waals surface area contributed by atoms with Crippen molar-refractivity contribution >= 4 is 11.8 Å². The molecule has 1 saturated carbocycles. The van der Waals surface area contributed by atoms with E-state index in [1.807, 2.05) is 11.8 Å². The number of likely N-dealkylation sites (tertiary alicyclic amines) is 1. The summed E-state index contributed by atoms with van der Waals surface area (Å²) in [6, 6.07) is 3.68. The second-order valence-corrected chi connectivity index (χ2v) is 5.61. The van der Waals surface area contributed by atoms with Crippen LogP contribution in [0.2, 0.25) is 0 Å². The highest BCUT2D eigenvalue weighted by Gasteiger charge is 2.39. The maximum absolute atomic E-state index is 12.0. The molecule has 1 N–H and O–H groups in total. The largest absolute Gasteiger partial charge is 0.465 e. The van der Waals surface area contributed by atoms with Gasteiger partial charge in [0.05, 0.1) is 6.61 Å². The first kappa shape index (κ1) is 14.0. The minimum atomic E-state index is -0.265. The summed E-state index contributed by atoms with van der Waals surface area (Å²) in [7, 11) is 0. The molecule has 1 atom stereocenters. The first-order valence-electron chi connectivity index (χ1n) is 7.47. The molecule has 6 nitrogen and oxygen atoms in total. The molecule has 1 saturated heterocycles. The molecule has 1 aromatic heterocycles. The van der Waals surface area contributed by atoms with E-state index in [4.69, 9.17) is 9.15 Å². The fraction of sp³-hybridized carbons (Fsp3) is 0.600. The summed E-state index contributed by atoms with van der Waals surface area (Å²) in [5.41, 5.74) is 0. The van der Waals surface area contributed by atoms with Gasteiger partial charge in [-0.3, -0.25) is 9.59 Å². The van der Waals surface area contributed by atoms with Crippen molar-refractivity contribution in [1.29, 1.82) is 0 Å². The lowest BCUT2D eigenvalue weighted by molar-refractivity contribution is -0.128. The van der Waals surface area contributed by atoms with Gasteiger partial charge in [0.1, 0.15) is 0 Å². The smallest absolute Gasteiger partial charge is 0.287 e. The quantitative estimate of drug-likeness (QED) is 0.860. The number of carbonyl (C=O) groups excluding carboxylic acids is 2. The Bertz CT molecular complexity index is 536. The Morgan fingerprint density at radius 2 is 2.29 bits per heavy atom. The Morgan fingerprint density at radius 1 is 1.48 bits per heavy atom. The van der Waals surface area contributed by atoms with E-state index in [-0.39, 0.29) is 23.5 Å². The van der Waals surface area contributed by atoms with E-state index in [9.17, 15) is 9.59 Å². The topological polar surface area (TPSA) is 71.8 Å². The van der Waals surface area contributed by atoms with Gasteiger partial charge in [-0.1, -0.05) is 0 Å². The standard InChI is InChI=1S/C15H20N2O4/c1-2-20-14-6-5-12(21-14)15(19)16-8-10-7-13(18)17(9-10)11-3-4-11/h5-6,10-11H,2-4,7-9H2,1H3,(H,16,19)/t10-/m1/s1. The van der Waals surface area contributed by atoms with Crippen molar-refractivity contribution < 1.29 is 18.7 Å². The van der Waals surface area contributed by atoms with E-state index in [0.717, 1.165) is 19.4 Å². The van der Waals surface area contributed by atoms with Crippen LogP contribution >= 0.6 is 0 Å². The van der Waals surface area contributed by atoms with Crippen molar-refractivity contribution in [3.8, 4) is 5.95 Å². The second kappa shape index (κ2) is 5.79. The number of nitrogens with zero attached hydrogens (tertiary/aromatic N) is 1. The van der Waals surface area contributed by atoms with Gasteiger partial charge in [-0.25, -0.2) is 0 Å². The molecule has 3 rings (SSSR count). The van der Waals surface area contributed by atoms with Gasteiger partial charge in [-0.05, 0) is 25.8 Å². The second-order valence-electron chi connectivity index (χ2n) is 5.61. The summed E-state index contributed by atoms with van der Waals surface area (Å²) >= 11 is 0. The fourth-order valence-electron chi connectivity index (χ4n) is 2.67. The number of ether oxygens (including phenoxy) is 1. The first-order chi connectivity index (χ1) is 10.2. The molecule has 2 aliphatic rings. The number of nitrogens with one attached hydrogen (secondary N) is 1. The highest BCUT2D eigenvalue weighted by atomic mass is 16.6. The Morgan fingerprint density at radius 3 is 3.00 bits per heavy atom. The molecule has 1 aliphatic heterocycles. The molecule has 0 spiro atoms. The Labute approximate surface area is 123 Å². The van der Waals surface area contributed by atoms with Crippen LogP contribution in [0.25, 0.3) is 0 Å². The van der Waals surface area contributed by atoms with Gasteiger partial charge in [-0.15, -0.1) is 0 Å². The van der Waals surface area contributed by atoms with Crippen LogP contribution in [0, 0.1) is 5.92 Å². The molecule has 0 aromatic carbocycles. The third-order valence-corrected chi connectivity index (χ3v) is 3.87. The zero-order chi connectivity index (χ0) is 14.8. The van der Waals surface area contributed by atoms with E-state index >= 15 is 0 Å². The molecule has 6 heteroatoms. The Hall–Kier alpha value is -1.98. The first-order valence-corrected chi connectivity index (χ1v) is 7.47.